The maximum atomic E-state index is 3.78. The molecule has 0 aliphatic rings. The molecule has 0 radical (unpaired) electrons. The van der Waals surface area contributed by atoms with E-state index in [1.165, 1.54) is 5.56 Å². The zero-order valence-corrected chi connectivity index (χ0v) is 15.1. The molecule has 0 saturated carbocycles. The summed E-state index contributed by atoms with van der Waals surface area (Å²) < 4.78 is 0. The second-order valence-electron chi connectivity index (χ2n) is 3.35. The molecule has 0 aliphatic heterocycles. The van der Waals surface area contributed by atoms with Gasteiger partial charge in [0.15, 0.2) is 0 Å². The van der Waals surface area contributed by atoms with Crippen LogP contribution in [0.15, 0.2) is 78.0 Å². The fourth-order valence-corrected chi connectivity index (χ4v) is 1.37. The van der Waals surface area contributed by atoms with Gasteiger partial charge in [0.1, 0.15) is 0 Å². The molecule has 0 spiro atoms. The zero-order valence-electron chi connectivity index (χ0n) is 14.3. The van der Waals surface area contributed by atoms with Crippen LogP contribution < -0.4 is 0 Å². The van der Waals surface area contributed by atoms with Crippen molar-refractivity contribution in [1.82, 2.24) is 9.97 Å². The van der Waals surface area contributed by atoms with E-state index in [1.807, 2.05) is 69.5 Å². The van der Waals surface area contributed by atoms with E-state index in [-0.39, 0.29) is 0 Å². The Kier molecular flexibility index (Phi) is 21.6. The van der Waals surface area contributed by atoms with Gasteiger partial charge in [0, 0.05) is 24.0 Å². The molecule has 0 atom stereocenters. The van der Waals surface area contributed by atoms with Gasteiger partial charge in [-0.2, -0.15) is 0 Å². The van der Waals surface area contributed by atoms with E-state index in [2.05, 4.69) is 29.0 Å². The van der Waals surface area contributed by atoms with E-state index in [4.69, 9.17) is 0 Å². The van der Waals surface area contributed by atoms with Gasteiger partial charge in [-0.3, -0.25) is 9.97 Å². The molecule has 3 aromatic rings. The second-order valence-corrected chi connectivity index (χ2v) is 4.11. The first-order valence-corrected chi connectivity index (χ1v) is 8.52. The van der Waals surface area contributed by atoms with Gasteiger partial charge in [-0.25, -0.2) is 0 Å². The molecule has 3 heteroatoms. The van der Waals surface area contributed by atoms with Gasteiger partial charge in [-0.05, 0) is 19.1 Å². The average molecular weight is 317 g/mol. The van der Waals surface area contributed by atoms with Crippen molar-refractivity contribution >= 4 is 11.3 Å². The number of aromatic nitrogens is 2. The van der Waals surface area contributed by atoms with Gasteiger partial charge in [0.05, 0.1) is 5.51 Å². The monoisotopic (exact) mass is 316 g/mol. The summed E-state index contributed by atoms with van der Waals surface area (Å²) in [4.78, 5) is 7.53. The van der Waals surface area contributed by atoms with Crippen LogP contribution in [0.4, 0.5) is 0 Å². The molecular weight excluding hydrogens is 288 g/mol. The minimum atomic E-state index is 1.32. The summed E-state index contributed by atoms with van der Waals surface area (Å²) in [6.07, 6.45) is 5.27. The highest BCUT2D eigenvalue weighted by Crippen LogP contribution is 1.92. The molecule has 0 N–H and O–H groups in total. The minimum absolute atomic E-state index is 1.32. The first-order valence-electron chi connectivity index (χ1n) is 7.58. The molecule has 0 bridgehead atoms. The van der Waals surface area contributed by atoms with Crippen LogP contribution in [0.5, 0.6) is 0 Å². The Morgan fingerprint density at radius 3 is 1.41 bits per heavy atom. The van der Waals surface area contributed by atoms with Crippen LogP contribution >= 0.6 is 11.3 Å². The van der Waals surface area contributed by atoms with Crippen LogP contribution in [0, 0.1) is 6.92 Å². The summed E-state index contributed by atoms with van der Waals surface area (Å²) in [7, 11) is 0. The Morgan fingerprint density at radius 2 is 1.23 bits per heavy atom. The number of hydrogen-bond acceptors (Lipinski definition) is 3. The third-order valence-electron chi connectivity index (χ3n) is 1.85. The Hall–Kier alpha value is -2.00. The summed E-state index contributed by atoms with van der Waals surface area (Å²) in [5, 5.41) is 1.93. The molecule has 0 saturated heterocycles. The van der Waals surface area contributed by atoms with Crippen LogP contribution in [0.25, 0.3) is 0 Å². The Bertz CT molecular complexity index is 423. The van der Waals surface area contributed by atoms with Gasteiger partial charge >= 0.3 is 0 Å². The highest BCUT2D eigenvalue weighted by atomic mass is 32.1. The van der Waals surface area contributed by atoms with E-state index >= 15 is 0 Å². The summed E-state index contributed by atoms with van der Waals surface area (Å²) in [6, 6.07) is 16.0. The predicted octanol–water partition coefficient (Wildman–Crippen LogP) is 6.27. The number of rotatable bonds is 0. The van der Waals surface area contributed by atoms with Crippen molar-refractivity contribution in [3.63, 3.8) is 0 Å². The van der Waals surface area contributed by atoms with Crippen LogP contribution in [0.2, 0.25) is 0 Å². The van der Waals surface area contributed by atoms with Gasteiger partial charge < -0.3 is 0 Å². The van der Waals surface area contributed by atoms with Gasteiger partial charge in [0.2, 0.25) is 0 Å². The normalized spacial score (nSPS) is 7.32. The Labute approximate surface area is 139 Å². The number of thiazole rings is 1. The topological polar surface area (TPSA) is 25.8 Å². The SMILES string of the molecule is CC.CC.Cc1ccccc1.c1ccncc1.c1cscn1. The van der Waals surface area contributed by atoms with E-state index in [0.29, 0.717) is 0 Å². The molecule has 0 amide bonds. The van der Waals surface area contributed by atoms with Crippen molar-refractivity contribution in [2.45, 2.75) is 34.6 Å². The number of benzene rings is 1. The second kappa shape index (κ2) is 21.3. The van der Waals surface area contributed by atoms with E-state index < -0.39 is 0 Å². The first kappa shape index (κ1) is 22.3. The maximum Gasteiger partial charge on any atom is 0.0791 e. The fourth-order valence-electron chi connectivity index (χ4n) is 1.02. The Morgan fingerprint density at radius 1 is 0.682 bits per heavy atom. The van der Waals surface area contributed by atoms with E-state index in [9.17, 15) is 0 Å². The predicted molar refractivity (Wildman–Crippen MR) is 100 cm³/mol. The largest absolute Gasteiger partial charge is 0.265 e. The quantitative estimate of drug-likeness (QED) is 0.488. The molecule has 2 nitrogen and oxygen atoms in total. The number of aryl methyl sites for hydroxylation is 1. The maximum absolute atomic E-state index is 3.78. The standard InChI is InChI=1S/C7H8.C5H5N.C3H3NS.2C2H6/c1-7-5-3-2-4-6-7;1-2-4-6-5-3-1;1-2-5-3-4-1;2*1-2/h2-6H,1H3;1-5H;1-3H;2*1-2H3. The molecule has 0 fully saturated rings. The third-order valence-corrected chi connectivity index (χ3v) is 2.38. The highest BCUT2D eigenvalue weighted by Gasteiger charge is 1.72. The van der Waals surface area contributed by atoms with Crippen LogP contribution in [-0.4, -0.2) is 9.97 Å². The smallest absolute Gasteiger partial charge is 0.0791 e. The van der Waals surface area contributed by atoms with Gasteiger partial charge in [-0.1, -0.05) is 69.7 Å². The van der Waals surface area contributed by atoms with Crippen LogP contribution in [-0.2, 0) is 0 Å². The van der Waals surface area contributed by atoms with Crippen molar-refractivity contribution in [1.29, 1.82) is 0 Å². The Balaban J connectivity index is 0. The first-order chi connectivity index (χ1) is 10.9. The van der Waals surface area contributed by atoms with Crippen molar-refractivity contribution in [3.05, 3.63) is 83.6 Å². The molecule has 120 valence electrons. The molecule has 3 rings (SSSR count). The van der Waals surface area contributed by atoms with Gasteiger partial charge in [0.25, 0.3) is 0 Å². The van der Waals surface area contributed by atoms with Crippen LogP contribution in [0.3, 0.4) is 0 Å². The minimum Gasteiger partial charge on any atom is -0.265 e. The molecule has 2 aromatic heterocycles. The molecule has 1 aromatic carbocycles. The number of hydrogen-bond donors (Lipinski definition) is 0. The molecule has 2 heterocycles. The number of pyridine rings is 1. The lowest BCUT2D eigenvalue weighted by Gasteiger charge is -1.82. The van der Waals surface area contributed by atoms with E-state index in [0.717, 1.165) is 0 Å². The lowest BCUT2D eigenvalue weighted by molar-refractivity contribution is 1.33. The van der Waals surface area contributed by atoms with Crippen molar-refractivity contribution in [2.24, 2.45) is 0 Å². The zero-order chi connectivity index (χ0) is 16.9. The van der Waals surface area contributed by atoms with Crippen molar-refractivity contribution in [2.75, 3.05) is 0 Å². The average Bonchev–Trinajstić information content (AvgIpc) is 3.21. The molecule has 0 unspecified atom stereocenters. The highest BCUT2D eigenvalue weighted by molar-refractivity contribution is 7.07. The molecule has 0 aliphatic carbocycles. The molecular formula is C19H28N2S. The summed E-state index contributed by atoms with van der Waals surface area (Å²) in [5.41, 5.74) is 3.11. The third kappa shape index (κ3) is 18.0. The fraction of sp³-hybridized carbons (Fsp3) is 0.263. The number of nitrogens with zero attached hydrogens (tertiary/aromatic N) is 2. The summed E-state index contributed by atoms with van der Waals surface area (Å²) >= 11 is 1.60. The van der Waals surface area contributed by atoms with E-state index in [1.54, 1.807) is 35.4 Å². The van der Waals surface area contributed by atoms with Gasteiger partial charge in [-0.15, -0.1) is 11.3 Å². The van der Waals surface area contributed by atoms with Crippen molar-refractivity contribution in [3.8, 4) is 0 Å². The van der Waals surface area contributed by atoms with Crippen molar-refractivity contribution < 1.29 is 0 Å². The molecule has 22 heavy (non-hydrogen) atoms. The lowest BCUT2D eigenvalue weighted by Crippen LogP contribution is -1.62. The van der Waals surface area contributed by atoms with Crippen LogP contribution in [0.1, 0.15) is 33.3 Å². The summed E-state index contributed by atoms with van der Waals surface area (Å²) in [5.74, 6) is 0. The lowest BCUT2D eigenvalue weighted by atomic mass is 10.2. The summed E-state index contributed by atoms with van der Waals surface area (Å²) in [6.45, 7) is 10.1.